The van der Waals surface area contributed by atoms with Gasteiger partial charge in [0.2, 0.25) is 12.2 Å². The number of hydrogen-bond acceptors (Lipinski definition) is 10. The summed E-state index contributed by atoms with van der Waals surface area (Å²) in [5, 5.41) is 0. The highest BCUT2D eigenvalue weighted by Crippen LogP contribution is 2.35. The first-order valence-corrected chi connectivity index (χ1v) is 23.4. The molecule has 0 amide bonds. The number of unbranched alkanes of at least 4 members (excludes halogenated alkanes) is 4. The predicted molar refractivity (Wildman–Crippen MR) is 233 cm³/mol. The average Bonchev–Trinajstić information content (AvgIpc) is 3.26. The Bertz CT molecular complexity index is 1410. The van der Waals surface area contributed by atoms with Crippen molar-refractivity contribution in [1.29, 1.82) is 0 Å². The molecule has 2 aromatic carbocycles. The average molecular weight is 835 g/mol. The fourth-order valence-corrected chi connectivity index (χ4v) is 8.76. The van der Waals surface area contributed by atoms with Gasteiger partial charge >= 0.3 is 23.9 Å². The molecule has 0 spiro atoms. The molecule has 4 rings (SSSR count). The summed E-state index contributed by atoms with van der Waals surface area (Å²) in [6.07, 6.45) is 21.7. The first-order chi connectivity index (χ1) is 29.2. The Balaban J connectivity index is 1.25. The summed E-state index contributed by atoms with van der Waals surface area (Å²) in [5.74, 6) is 0.608. The molecule has 10 nitrogen and oxygen atoms in total. The zero-order valence-electron chi connectivity index (χ0n) is 37.1. The molecule has 2 aliphatic carbocycles. The van der Waals surface area contributed by atoms with Crippen molar-refractivity contribution < 1.29 is 47.6 Å². The number of hydrogen-bond donors (Lipinski definition) is 0. The van der Waals surface area contributed by atoms with Crippen LogP contribution >= 0.6 is 0 Å². The standard InChI is InChI=1S/C50H74O10/c1-5-9-11-15-37-19-23-39(24-20-37)17-13-35-57-43-31-27-41(28-32-43)47(51)59-45(49(53)55-7-3)46(50(54)56-8-4)60-48(52)42-29-33-44(34-30-42)58-36-14-18-40-25-21-38(22-26-40)16-12-10-6-2/h27-34,37-40,45-46H,5-26,35-36H2,1-4H3/t37-,38-,39-,40-,45-,46-/m1/s1. The third-order valence-electron chi connectivity index (χ3n) is 12.4. The topological polar surface area (TPSA) is 124 Å². The fourth-order valence-electron chi connectivity index (χ4n) is 8.76. The van der Waals surface area contributed by atoms with Gasteiger partial charge in [0.15, 0.2) is 0 Å². The number of rotatable bonds is 27. The Kier molecular flexibility index (Phi) is 22.4. The van der Waals surface area contributed by atoms with E-state index in [0.717, 1.165) is 49.4 Å². The van der Waals surface area contributed by atoms with Crippen molar-refractivity contribution in [1.82, 2.24) is 0 Å². The SMILES string of the molecule is CCCCC[C@H]1CC[C@H](CCCOc2ccc(C(=O)O[C@@H](C(=O)OCC)[C@@H](OC(=O)c3ccc(OCCC[C@H]4CC[C@H](CCCCC)CC4)cc3)C(=O)OCC)cc2)CC1. The summed E-state index contributed by atoms with van der Waals surface area (Å²) < 4.78 is 33.3. The van der Waals surface area contributed by atoms with Crippen LogP contribution in [0, 0.1) is 23.7 Å². The van der Waals surface area contributed by atoms with Crippen molar-refractivity contribution in [3.63, 3.8) is 0 Å². The van der Waals surface area contributed by atoms with Gasteiger partial charge in [-0.05, 0) is 112 Å². The third-order valence-corrected chi connectivity index (χ3v) is 12.4. The number of esters is 4. The summed E-state index contributed by atoms with van der Waals surface area (Å²) in [6, 6.07) is 12.7. The second-order valence-corrected chi connectivity index (χ2v) is 17.0. The number of carbonyl (C=O) groups excluding carboxylic acids is 4. The van der Waals surface area contributed by atoms with Gasteiger partial charge < -0.3 is 28.4 Å². The van der Waals surface area contributed by atoms with Gasteiger partial charge in [-0.2, -0.15) is 0 Å². The summed E-state index contributed by atoms with van der Waals surface area (Å²) in [4.78, 5) is 53.0. The summed E-state index contributed by atoms with van der Waals surface area (Å²) in [6.45, 7) is 8.69. The maximum Gasteiger partial charge on any atom is 0.352 e. The molecule has 0 aromatic heterocycles. The molecule has 2 atom stereocenters. The molecular weight excluding hydrogens is 761 g/mol. The number of benzene rings is 2. The van der Waals surface area contributed by atoms with E-state index in [4.69, 9.17) is 28.4 Å². The smallest absolute Gasteiger partial charge is 0.352 e. The van der Waals surface area contributed by atoms with Crippen molar-refractivity contribution in [2.45, 2.75) is 168 Å². The van der Waals surface area contributed by atoms with Crippen molar-refractivity contribution >= 4 is 23.9 Å². The van der Waals surface area contributed by atoms with Crippen LogP contribution in [-0.2, 0) is 28.5 Å². The molecule has 10 heteroatoms. The first kappa shape index (κ1) is 48.6. The molecule has 0 radical (unpaired) electrons. The van der Waals surface area contributed by atoms with Gasteiger partial charge in [0, 0.05) is 0 Å². The zero-order chi connectivity index (χ0) is 43.0. The molecule has 2 fully saturated rings. The van der Waals surface area contributed by atoms with Crippen LogP contribution in [0.4, 0.5) is 0 Å². The summed E-state index contributed by atoms with van der Waals surface area (Å²) in [5.41, 5.74) is 0.226. The molecule has 0 N–H and O–H groups in total. The number of carbonyl (C=O) groups is 4. The highest BCUT2D eigenvalue weighted by Gasteiger charge is 2.43. The van der Waals surface area contributed by atoms with Gasteiger partial charge in [-0.1, -0.05) is 117 Å². The maximum atomic E-state index is 13.4. The molecule has 0 saturated heterocycles. The van der Waals surface area contributed by atoms with Crippen LogP contribution in [0.1, 0.15) is 177 Å². The quantitative estimate of drug-likeness (QED) is 0.0488. The highest BCUT2D eigenvalue weighted by atomic mass is 16.6. The molecule has 0 aliphatic heterocycles. The minimum atomic E-state index is -1.92. The predicted octanol–water partition coefficient (Wildman–Crippen LogP) is 11.7. The Morgan fingerprint density at radius 2 is 0.783 bits per heavy atom. The van der Waals surface area contributed by atoms with Gasteiger partial charge in [-0.25, -0.2) is 19.2 Å². The fraction of sp³-hybridized carbons (Fsp3) is 0.680. The molecule has 334 valence electrons. The van der Waals surface area contributed by atoms with E-state index in [1.54, 1.807) is 38.1 Å². The molecule has 0 unspecified atom stereocenters. The minimum absolute atomic E-state index is 0.0650. The zero-order valence-corrected chi connectivity index (χ0v) is 37.1. The van der Waals surface area contributed by atoms with E-state index >= 15 is 0 Å². The molecule has 0 bridgehead atoms. The first-order valence-electron chi connectivity index (χ1n) is 23.4. The van der Waals surface area contributed by atoms with E-state index < -0.39 is 36.1 Å². The Labute approximate surface area is 360 Å². The van der Waals surface area contributed by atoms with E-state index in [9.17, 15) is 19.2 Å². The van der Waals surface area contributed by atoms with Crippen LogP contribution < -0.4 is 9.47 Å². The van der Waals surface area contributed by atoms with Gasteiger partial charge in [0.1, 0.15) is 11.5 Å². The monoisotopic (exact) mass is 835 g/mol. The van der Waals surface area contributed by atoms with Crippen LogP contribution in [0.5, 0.6) is 11.5 Å². The molecule has 2 saturated carbocycles. The maximum absolute atomic E-state index is 13.4. The van der Waals surface area contributed by atoms with E-state index in [2.05, 4.69) is 13.8 Å². The lowest BCUT2D eigenvalue weighted by Gasteiger charge is -2.28. The van der Waals surface area contributed by atoms with Crippen molar-refractivity contribution in [3.8, 4) is 11.5 Å². The largest absolute Gasteiger partial charge is 0.494 e. The lowest BCUT2D eigenvalue weighted by atomic mass is 9.78. The normalized spacial score (nSPS) is 20.0. The van der Waals surface area contributed by atoms with E-state index in [0.29, 0.717) is 24.7 Å². The van der Waals surface area contributed by atoms with E-state index in [-0.39, 0.29) is 24.3 Å². The molecule has 60 heavy (non-hydrogen) atoms. The van der Waals surface area contributed by atoms with Crippen LogP contribution in [0.25, 0.3) is 0 Å². The van der Waals surface area contributed by atoms with Gasteiger partial charge in [0.05, 0.1) is 37.6 Å². The van der Waals surface area contributed by atoms with E-state index in [1.165, 1.54) is 127 Å². The minimum Gasteiger partial charge on any atom is -0.494 e. The van der Waals surface area contributed by atoms with Crippen LogP contribution in [0.15, 0.2) is 48.5 Å². The summed E-state index contributed by atoms with van der Waals surface area (Å²) in [7, 11) is 0. The van der Waals surface area contributed by atoms with Gasteiger partial charge in [-0.3, -0.25) is 0 Å². The van der Waals surface area contributed by atoms with E-state index in [1.807, 2.05) is 0 Å². The van der Waals surface area contributed by atoms with Gasteiger partial charge in [-0.15, -0.1) is 0 Å². The number of ether oxygens (including phenoxy) is 6. The Morgan fingerprint density at radius 1 is 0.467 bits per heavy atom. The summed E-state index contributed by atoms with van der Waals surface area (Å²) >= 11 is 0. The van der Waals surface area contributed by atoms with Crippen molar-refractivity contribution in [2.75, 3.05) is 26.4 Å². The second kappa shape index (κ2) is 27.7. The lowest BCUT2D eigenvalue weighted by molar-refractivity contribution is -0.173. The molecule has 2 aliphatic rings. The van der Waals surface area contributed by atoms with Crippen LogP contribution in [-0.4, -0.2) is 62.5 Å². The third kappa shape index (κ3) is 17.1. The van der Waals surface area contributed by atoms with Gasteiger partial charge in [0.25, 0.3) is 0 Å². The Hall–Kier alpha value is -4.08. The van der Waals surface area contributed by atoms with Crippen LogP contribution in [0.2, 0.25) is 0 Å². The molecule has 0 heterocycles. The highest BCUT2D eigenvalue weighted by molar-refractivity contribution is 5.96. The second-order valence-electron chi connectivity index (χ2n) is 17.0. The van der Waals surface area contributed by atoms with Crippen molar-refractivity contribution in [2.24, 2.45) is 23.7 Å². The van der Waals surface area contributed by atoms with Crippen LogP contribution in [0.3, 0.4) is 0 Å². The molecular formula is C50H74O10. The molecule has 2 aromatic rings. The van der Waals surface area contributed by atoms with Crippen molar-refractivity contribution in [3.05, 3.63) is 59.7 Å². The Morgan fingerprint density at radius 3 is 1.08 bits per heavy atom. The lowest BCUT2D eigenvalue weighted by Crippen LogP contribution is -2.47.